The summed E-state index contributed by atoms with van der Waals surface area (Å²) in [5.41, 5.74) is 1.77. The van der Waals surface area contributed by atoms with Gasteiger partial charge in [-0.2, -0.15) is 0 Å². The van der Waals surface area contributed by atoms with Crippen LogP contribution in [0.4, 0.5) is 5.00 Å². The van der Waals surface area contributed by atoms with E-state index in [-0.39, 0.29) is 13.2 Å². The lowest BCUT2D eigenvalue weighted by Crippen LogP contribution is -2.21. The van der Waals surface area contributed by atoms with Gasteiger partial charge in [0.05, 0.1) is 13.7 Å². The number of rotatable bonds is 8. The summed E-state index contributed by atoms with van der Waals surface area (Å²) >= 11 is 7.21. The van der Waals surface area contributed by atoms with E-state index in [1.807, 2.05) is 12.1 Å². The Balaban J connectivity index is 1.78. The molecule has 3 aromatic rings. The molecule has 0 saturated heterocycles. The maximum atomic E-state index is 12.6. The van der Waals surface area contributed by atoms with Crippen molar-refractivity contribution >= 4 is 39.8 Å². The molecule has 2 aromatic carbocycles. The van der Waals surface area contributed by atoms with Crippen LogP contribution in [-0.2, 0) is 9.53 Å². The summed E-state index contributed by atoms with van der Waals surface area (Å²) < 4.78 is 15.8. The van der Waals surface area contributed by atoms with Gasteiger partial charge in [0, 0.05) is 22.0 Å². The number of thiophene rings is 1. The third kappa shape index (κ3) is 5.31. The normalized spacial score (nSPS) is 10.4. The molecule has 0 aliphatic rings. The van der Waals surface area contributed by atoms with Crippen LogP contribution in [0.15, 0.2) is 53.9 Å². The van der Waals surface area contributed by atoms with Gasteiger partial charge >= 0.3 is 5.97 Å². The lowest BCUT2D eigenvalue weighted by Gasteiger charge is -2.10. The van der Waals surface area contributed by atoms with Gasteiger partial charge in [0.15, 0.2) is 6.61 Å². The maximum Gasteiger partial charge on any atom is 0.341 e. The fraction of sp³-hybridized carbons (Fsp3) is 0.182. The Kier molecular flexibility index (Phi) is 7.32. The van der Waals surface area contributed by atoms with Crippen LogP contribution in [0.1, 0.15) is 17.3 Å². The van der Waals surface area contributed by atoms with Crippen molar-refractivity contribution in [1.29, 1.82) is 0 Å². The largest absolute Gasteiger partial charge is 0.497 e. The standard InChI is InChI=1S/C22H20ClNO5S/c1-3-28-22(26)20-18(14-7-9-15(23)10-8-14)13-30-21(20)24-19(25)12-29-17-6-4-5-16(11-17)27-2/h4-11,13H,3,12H2,1-2H3,(H,24,25). The molecule has 1 aromatic heterocycles. The van der Waals surface area contributed by atoms with Gasteiger partial charge in [-0.1, -0.05) is 29.8 Å². The van der Waals surface area contributed by atoms with Crippen LogP contribution in [0, 0.1) is 0 Å². The average molecular weight is 446 g/mol. The minimum atomic E-state index is -0.507. The Morgan fingerprint density at radius 2 is 1.83 bits per heavy atom. The highest BCUT2D eigenvalue weighted by atomic mass is 35.5. The Bertz CT molecular complexity index is 1030. The zero-order valence-corrected chi connectivity index (χ0v) is 18.0. The molecule has 1 N–H and O–H groups in total. The van der Waals surface area contributed by atoms with Crippen molar-refractivity contribution in [1.82, 2.24) is 0 Å². The Labute approximate surface area is 183 Å². The number of ether oxygens (including phenoxy) is 3. The van der Waals surface area contributed by atoms with E-state index in [0.717, 1.165) is 5.56 Å². The van der Waals surface area contributed by atoms with Crippen LogP contribution in [0.25, 0.3) is 11.1 Å². The van der Waals surface area contributed by atoms with Gasteiger partial charge < -0.3 is 19.5 Å². The molecule has 30 heavy (non-hydrogen) atoms. The highest BCUT2D eigenvalue weighted by molar-refractivity contribution is 7.15. The lowest BCUT2D eigenvalue weighted by atomic mass is 10.0. The van der Waals surface area contributed by atoms with Crippen LogP contribution >= 0.6 is 22.9 Å². The molecule has 6 nitrogen and oxygen atoms in total. The molecule has 156 valence electrons. The number of benzene rings is 2. The van der Waals surface area contributed by atoms with Crippen LogP contribution in [0.2, 0.25) is 5.02 Å². The first-order chi connectivity index (χ1) is 14.5. The number of nitrogens with one attached hydrogen (secondary N) is 1. The number of halogens is 1. The molecule has 0 aliphatic heterocycles. The second kappa shape index (κ2) is 10.1. The van der Waals surface area contributed by atoms with Gasteiger partial charge in [0.25, 0.3) is 5.91 Å². The van der Waals surface area contributed by atoms with Crippen molar-refractivity contribution in [3.8, 4) is 22.6 Å². The van der Waals surface area contributed by atoms with Crippen LogP contribution < -0.4 is 14.8 Å². The summed E-state index contributed by atoms with van der Waals surface area (Å²) in [6, 6.07) is 14.1. The molecule has 8 heteroatoms. The zero-order chi connectivity index (χ0) is 21.5. The van der Waals surface area contributed by atoms with Crippen molar-refractivity contribution in [2.45, 2.75) is 6.92 Å². The van der Waals surface area contributed by atoms with Crippen LogP contribution in [0.3, 0.4) is 0 Å². The number of methoxy groups -OCH3 is 1. The maximum absolute atomic E-state index is 12.6. The Morgan fingerprint density at radius 3 is 2.53 bits per heavy atom. The average Bonchev–Trinajstić information content (AvgIpc) is 3.16. The molecular formula is C22H20ClNO5S. The number of hydrogen-bond donors (Lipinski definition) is 1. The molecule has 0 spiro atoms. The summed E-state index contributed by atoms with van der Waals surface area (Å²) in [5, 5.41) is 5.54. The van der Waals surface area contributed by atoms with Crippen molar-refractivity contribution in [3.05, 3.63) is 64.5 Å². The molecule has 1 amide bonds. The fourth-order valence-electron chi connectivity index (χ4n) is 2.70. The first-order valence-corrected chi connectivity index (χ1v) is 10.4. The molecule has 0 aliphatic carbocycles. The predicted molar refractivity (Wildman–Crippen MR) is 118 cm³/mol. The fourth-order valence-corrected chi connectivity index (χ4v) is 3.80. The number of hydrogen-bond acceptors (Lipinski definition) is 6. The molecule has 0 unspecified atom stereocenters. The monoisotopic (exact) mass is 445 g/mol. The molecule has 0 saturated carbocycles. The van der Waals surface area contributed by atoms with Gasteiger partial charge in [-0.15, -0.1) is 11.3 Å². The van der Waals surface area contributed by atoms with Crippen LogP contribution in [0.5, 0.6) is 11.5 Å². The third-order valence-corrected chi connectivity index (χ3v) is 5.24. The quantitative estimate of drug-likeness (QED) is 0.478. The molecule has 0 radical (unpaired) electrons. The van der Waals surface area contributed by atoms with E-state index in [0.29, 0.717) is 32.6 Å². The van der Waals surface area contributed by atoms with E-state index in [1.165, 1.54) is 11.3 Å². The van der Waals surface area contributed by atoms with E-state index in [1.54, 1.807) is 55.8 Å². The first kappa shape index (κ1) is 21.7. The highest BCUT2D eigenvalue weighted by Crippen LogP contribution is 2.36. The molecule has 0 fully saturated rings. The number of amides is 1. The predicted octanol–water partition coefficient (Wildman–Crippen LogP) is 5.27. The summed E-state index contributed by atoms with van der Waals surface area (Å²) in [5.74, 6) is 0.229. The number of esters is 1. The van der Waals surface area contributed by atoms with Crippen molar-refractivity contribution in [2.75, 3.05) is 25.6 Å². The van der Waals surface area contributed by atoms with Gasteiger partial charge in [-0.05, 0) is 36.8 Å². The van der Waals surface area contributed by atoms with Gasteiger partial charge in [-0.3, -0.25) is 4.79 Å². The minimum Gasteiger partial charge on any atom is -0.497 e. The number of carbonyl (C=O) groups excluding carboxylic acids is 2. The molecular weight excluding hydrogens is 426 g/mol. The van der Waals surface area contributed by atoms with Crippen molar-refractivity contribution in [3.63, 3.8) is 0 Å². The molecule has 1 heterocycles. The topological polar surface area (TPSA) is 73.9 Å². The summed E-state index contributed by atoms with van der Waals surface area (Å²) in [4.78, 5) is 25.0. The first-order valence-electron chi connectivity index (χ1n) is 9.13. The SMILES string of the molecule is CCOC(=O)c1c(-c2ccc(Cl)cc2)csc1NC(=O)COc1cccc(OC)c1. The van der Waals surface area contributed by atoms with Crippen LogP contribution in [-0.4, -0.2) is 32.2 Å². The summed E-state index contributed by atoms with van der Waals surface area (Å²) in [7, 11) is 1.55. The molecule has 0 atom stereocenters. The van der Waals surface area contributed by atoms with Gasteiger partial charge in [0.2, 0.25) is 0 Å². The second-order valence-electron chi connectivity index (χ2n) is 6.10. The van der Waals surface area contributed by atoms with Crippen molar-refractivity contribution < 1.29 is 23.8 Å². The summed E-state index contributed by atoms with van der Waals surface area (Å²) in [6.45, 7) is 1.73. The molecule has 0 bridgehead atoms. The van der Waals surface area contributed by atoms with E-state index in [4.69, 9.17) is 25.8 Å². The number of carbonyl (C=O) groups is 2. The summed E-state index contributed by atoms with van der Waals surface area (Å²) in [6.07, 6.45) is 0. The van der Waals surface area contributed by atoms with Gasteiger partial charge in [-0.25, -0.2) is 4.79 Å². The van der Waals surface area contributed by atoms with Crippen molar-refractivity contribution in [2.24, 2.45) is 0 Å². The second-order valence-corrected chi connectivity index (χ2v) is 7.41. The van der Waals surface area contributed by atoms with Gasteiger partial charge in [0.1, 0.15) is 22.1 Å². The lowest BCUT2D eigenvalue weighted by molar-refractivity contribution is -0.118. The minimum absolute atomic E-state index is 0.219. The molecule has 3 rings (SSSR count). The van der Waals surface area contributed by atoms with E-state index in [9.17, 15) is 9.59 Å². The Morgan fingerprint density at radius 1 is 1.10 bits per heavy atom. The Hall–Kier alpha value is -3.03. The highest BCUT2D eigenvalue weighted by Gasteiger charge is 2.23. The van der Waals surface area contributed by atoms with E-state index < -0.39 is 11.9 Å². The smallest absolute Gasteiger partial charge is 0.341 e. The number of anilines is 1. The van der Waals surface area contributed by atoms with E-state index in [2.05, 4.69) is 5.32 Å². The zero-order valence-electron chi connectivity index (χ0n) is 16.4. The van der Waals surface area contributed by atoms with E-state index >= 15 is 0 Å². The third-order valence-electron chi connectivity index (χ3n) is 4.09.